The molecule has 1 saturated heterocycles. The van der Waals surface area contributed by atoms with E-state index in [1.807, 2.05) is 61.5 Å². The molecule has 0 saturated carbocycles. The number of thioether (sulfide) groups is 1. The lowest BCUT2D eigenvalue weighted by molar-refractivity contribution is -0.123. The summed E-state index contributed by atoms with van der Waals surface area (Å²) in [5.74, 6) is 0.242. The molecule has 3 aromatic rings. The first-order chi connectivity index (χ1) is 14.0. The second-order valence-corrected chi connectivity index (χ2v) is 9.36. The van der Waals surface area contributed by atoms with Crippen LogP contribution in [0, 0.1) is 6.92 Å². The van der Waals surface area contributed by atoms with Gasteiger partial charge in [0.25, 0.3) is 11.1 Å². The van der Waals surface area contributed by atoms with Gasteiger partial charge in [0.05, 0.1) is 11.4 Å². The summed E-state index contributed by atoms with van der Waals surface area (Å²) >= 11 is 5.90. The van der Waals surface area contributed by atoms with E-state index in [1.165, 1.54) is 22.2 Å². The highest BCUT2D eigenvalue weighted by Gasteiger charge is 2.35. The van der Waals surface area contributed by atoms with Crippen LogP contribution in [0.4, 0.5) is 4.79 Å². The molecule has 4 rings (SSSR count). The highest BCUT2D eigenvalue weighted by molar-refractivity contribution is 9.10. The second kappa shape index (κ2) is 8.65. The van der Waals surface area contributed by atoms with E-state index in [1.54, 1.807) is 12.1 Å². The van der Waals surface area contributed by atoms with Crippen LogP contribution in [0.25, 0.3) is 6.08 Å². The third-order valence-corrected chi connectivity index (χ3v) is 6.88. The first kappa shape index (κ1) is 20.1. The fourth-order valence-electron chi connectivity index (χ4n) is 2.75. The van der Waals surface area contributed by atoms with Crippen LogP contribution in [-0.2, 0) is 11.3 Å². The molecule has 0 spiro atoms. The van der Waals surface area contributed by atoms with E-state index >= 15 is 0 Å². The Labute approximate surface area is 185 Å². The molecule has 0 aliphatic carbocycles. The number of halogens is 1. The predicted octanol–water partition coefficient (Wildman–Crippen LogP) is 6.74. The summed E-state index contributed by atoms with van der Waals surface area (Å²) in [5, 5.41) is 0.449. The van der Waals surface area contributed by atoms with Crippen LogP contribution in [0.5, 0.6) is 0 Å². The van der Waals surface area contributed by atoms with E-state index in [4.69, 9.17) is 4.42 Å². The first-order valence-corrected chi connectivity index (χ1v) is 11.3. The molecule has 2 heterocycles. The fraction of sp³-hybridized carbons (Fsp3) is 0.0909. The quantitative estimate of drug-likeness (QED) is 0.374. The maximum absolute atomic E-state index is 12.7. The fourth-order valence-corrected chi connectivity index (χ4v) is 4.76. The Balaban J connectivity index is 1.48. The van der Waals surface area contributed by atoms with E-state index in [2.05, 4.69) is 15.9 Å². The Morgan fingerprint density at radius 1 is 1.07 bits per heavy atom. The number of amides is 2. The van der Waals surface area contributed by atoms with Crippen LogP contribution in [0.2, 0.25) is 0 Å². The highest BCUT2D eigenvalue weighted by atomic mass is 79.9. The third kappa shape index (κ3) is 4.69. The van der Waals surface area contributed by atoms with Gasteiger partial charge in [-0.05, 0) is 54.6 Å². The zero-order chi connectivity index (χ0) is 20.4. The largest absolute Gasteiger partial charge is 0.450 e. The van der Waals surface area contributed by atoms with Crippen molar-refractivity contribution in [3.63, 3.8) is 0 Å². The standard InChI is InChI=1S/C22H16BrNO3S2/c1-14-6-9-17(10-7-14)28-20-11-8-16(27-20)12-19-21(25)24(22(26)29-19)13-15-4-2-3-5-18(15)23/h2-12H,13H2,1H3/b19-12-. The van der Waals surface area contributed by atoms with Crippen molar-refractivity contribution >= 4 is 56.7 Å². The molecular formula is C22H16BrNO3S2. The molecule has 1 aliphatic heterocycles. The van der Waals surface area contributed by atoms with Gasteiger partial charge in [-0.3, -0.25) is 14.5 Å². The van der Waals surface area contributed by atoms with Gasteiger partial charge in [-0.25, -0.2) is 0 Å². The number of rotatable bonds is 5. The second-order valence-electron chi connectivity index (χ2n) is 6.43. The van der Waals surface area contributed by atoms with Crippen molar-refractivity contribution < 1.29 is 14.0 Å². The van der Waals surface area contributed by atoms with Gasteiger partial charge in [0.15, 0.2) is 5.09 Å². The summed E-state index contributed by atoms with van der Waals surface area (Å²) in [7, 11) is 0. The average molecular weight is 486 g/mol. The molecule has 2 aromatic carbocycles. The molecule has 0 unspecified atom stereocenters. The third-order valence-electron chi connectivity index (χ3n) is 4.27. The number of imide groups is 1. The summed E-state index contributed by atoms with van der Waals surface area (Å²) < 4.78 is 6.69. The Bertz CT molecular complexity index is 1110. The van der Waals surface area contributed by atoms with Gasteiger partial charge in [-0.1, -0.05) is 63.6 Å². The lowest BCUT2D eigenvalue weighted by Crippen LogP contribution is -2.27. The van der Waals surface area contributed by atoms with Gasteiger partial charge in [-0.15, -0.1) is 0 Å². The van der Waals surface area contributed by atoms with Crippen LogP contribution in [0.15, 0.2) is 84.4 Å². The van der Waals surface area contributed by atoms with Crippen molar-refractivity contribution in [2.24, 2.45) is 0 Å². The van der Waals surface area contributed by atoms with Crippen molar-refractivity contribution in [1.29, 1.82) is 0 Å². The summed E-state index contributed by atoms with van der Waals surface area (Å²) in [6.07, 6.45) is 1.63. The van der Waals surface area contributed by atoms with Gasteiger partial charge in [0.2, 0.25) is 0 Å². The molecule has 29 heavy (non-hydrogen) atoms. The molecule has 1 fully saturated rings. The Kier molecular flexibility index (Phi) is 5.99. The number of benzene rings is 2. The highest BCUT2D eigenvalue weighted by Crippen LogP contribution is 2.35. The molecule has 7 heteroatoms. The van der Waals surface area contributed by atoms with Gasteiger partial charge in [0, 0.05) is 15.4 Å². The first-order valence-electron chi connectivity index (χ1n) is 8.83. The molecule has 1 aliphatic rings. The minimum Gasteiger partial charge on any atom is -0.450 e. The van der Waals surface area contributed by atoms with Crippen LogP contribution < -0.4 is 0 Å². The summed E-state index contributed by atoms with van der Waals surface area (Å²) in [6, 6.07) is 19.4. The molecule has 4 nitrogen and oxygen atoms in total. The van der Waals surface area contributed by atoms with Gasteiger partial charge in [0.1, 0.15) is 5.76 Å². The van der Waals surface area contributed by atoms with E-state index in [-0.39, 0.29) is 17.7 Å². The van der Waals surface area contributed by atoms with E-state index in [9.17, 15) is 9.59 Å². The van der Waals surface area contributed by atoms with Crippen molar-refractivity contribution in [3.8, 4) is 0 Å². The summed E-state index contributed by atoms with van der Waals surface area (Å²) in [5.41, 5.74) is 2.08. The van der Waals surface area contributed by atoms with Crippen molar-refractivity contribution in [2.75, 3.05) is 0 Å². The lowest BCUT2D eigenvalue weighted by Gasteiger charge is -2.13. The Morgan fingerprint density at radius 2 is 1.83 bits per heavy atom. The van der Waals surface area contributed by atoms with Crippen molar-refractivity contribution in [2.45, 2.75) is 23.5 Å². The van der Waals surface area contributed by atoms with Crippen LogP contribution in [-0.4, -0.2) is 16.0 Å². The zero-order valence-corrected chi connectivity index (χ0v) is 18.6. The number of nitrogens with zero attached hydrogens (tertiary/aromatic N) is 1. The van der Waals surface area contributed by atoms with Crippen LogP contribution in [0.3, 0.4) is 0 Å². The molecule has 2 amide bonds. The van der Waals surface area contributed by atoms with Crippen LogP contribution >= 0.6 is 39.5 Å². The Hall–Kier alpha value is -2.22. The number of hydrogen-bond acceptors (Lipinski definition) is 5. The Morgan fingerprint density at radius 3 is 2.59 bits per heavy atom. The number of carbonyl (C=O) groups excluding carboxylic acids is 2. The van der Waals surface area contributed by atoms with Gasteiger partial charge >= 0.3 is 0 Å². The zero-order valence-electron chi connectivity index (χ0n) is 15.4. The molecule has 146 valence electrons. The van der Waals surface area contributed by atoms with E-state index in [0.717, 1.165) is 31.8 Å². The molecular weight excluding hydrogens is 470 g/mol. The number of furan rings is 1. The minimum absolute atomic E-state index is 0.232. The van der Waals surface area contributed by atoms with Crippen molar-refractivity contribution in [1.82, 2.24) is 4.90 Å². The van der Waals surface area contributed by atoms with E-state index < -0.39 is 0 Å². The average Bonchev–Trinajstić information content (AvgIpc) is 3.25. The molecule has 0 radical (unpaired) electrons. The van der Waals surface area contributed by atoms with Gasteiger partial charge in [-0.2, -0.15) is 0 Å². The molecule has 0 N–H and O–H groups in total. The maximum atomic E-state index is 12.7. The molecule has 1 aromatic heterocycles. The maximum Gasteiger partial charge on any atom is 0.293 e. The predicted molar refractivity (Wildman–Crippen MR) is 120 cm³/mol. The minimum atomic E-state index is -0.306. The number of carbonyl (C=O) groups is 2. The topological polar surface area (TPSA) is 50.5 Å². The lowest BCUT2D eigenvalue weighted by atomic mass is 10.2. The number of hydrogen-bond donors (Lipinski definition) is 0. The SMILES string of the molecule is Cc1ccc(Sc2ccc(/C=C3\SC(=O)N(Cc4ccccc4Br)C3=O)o2)cc1. The summed E-state index contributed by atoms with van der Waals surface area (Å²) in [6.45, 7) is 2.28. The summed E-state index contributed by atoms with van der Waals surface area (Å²) in [4.78, 5) is 27.8. The van der Waals surface area contributed by atoms with Gasteiger partial charge < -0.3 is 4.42 Å². The normalized spacial score (nSPS) is 15.5. The monoisotopic (exact) mass is 485 g/mol. The van der Waals surface area contributed by atoms with Crippen molar-refractivity contribution in [3.05, 3.63) is 86.9 Å². The molecule has 0 bridgehead atoms. The number of aryl methyl sites for hydroxylation is 1. The molecule has 0 atom stereocenters. The van der Waals surface area contributed by atoms with E-state index in [0.29, 0.717) is 10.7 Å². The van der Waals surface area contributed by atoms with Crippen LogP contribution in [0.1, 0.15) is 16.9 Å². The smallest absolute Gasteiger partial charge is 0.293 e.